The molecule has 112 valence electrons. The number of nitrogens with two attached hydrogens (primary N) is 2. The molecule has 0 unspecified atom stereocenters. The third-order valence-electron chi connectivity index (χ3n) is 2.89. The van der Waals surface area contributed by atoms with Gasteiger partial charge in [-0.25, -0.2) is 13.6 Å². The first-order valence-electron chi connectivity index (χ1n) is 5.84. The summed E-state index contributed by atoms with van der Waals surface area (Å²) in [5.41, 5.74) is 7.94. The normalized spacial score (nSPS) is 11.4. The third-order valence-corrected chi connectivity index (χ3v) is 4.92. The topological polar surface area (TPSA) is 98.2 Å². The van der Waals surface area contributed by atoms with Crippen molar-refractivity contribution in [1.29, 1.82) is 0 Å². The second-order valence-corrected chi connectivity index (χ2v) is 7.26. The van der Waals surface area contributed by atoms with Crippen LogP contribution in [0.3, 0.4) is 0 Å². The van der Waals surface area contributed by atoms with Crippen LogP contribution >= 0.6 is 27.5 Å². The van der Waals surface area contributed by atoms with E-state index in [1.807, 2.05) is 13.0 Å². The van der Waals surface area contributed by atoms with E-state index < -0.39 is 10.0 Å². The molecule has 8 heteroatoms. The molecule has 0 aliphatic heterocycles. The van der Waals surface area contributed by atoms with Gasteiger partial charge in [-0.2, -0.15) is 0 Å². The lowest BCUT2D eigenvalue weighted by molar-refractivity contribution is 0.598. The fourth-order valence-corrected chi connectivity index (χ4v) is 3.19. The monoisotopic (exact) mass is 389 g/mol. The highest BCUT2D eigenvalue weighted by Crippen LogP contribution is 2.34. The highest BCUT2D eigenvalue weighted by Gasteiger charge is 2.15. The first-order valence-corrected chi connectivity index (χ1v) is 8.56. The Balaban J connectivity index is 2.49. The molecule has 0 fully saturated rings. The minimum absolute atomic E-state index is 0.0589. The maximum absolute atomic E-state index is 11.5. The van der Waals surface area contributed by atoms with Crippen molar-refractivity contribution in [3.05, 3.63) is 45.4 Å². The number of hydrogen-bond donors (Lipinski definition) is 3. The fraction of sp³-hybridized carbons (Fsp3) is 0.0769. The first kappa shape index (κ1) is 16.1. The zero-order valence-corrected chi connectivity index (χ0v) is 14.2. The average Bonchev–Trinajstić information content (AvgIpc) is 2.36. The number of para-hydroxylation sites is 1. The zero-order chi connectivity index (χ0) is 15.8. The van der Waals surface area contributed by atoms with Gasteiger partial charge in [-0.05, 0) is 52.7 Å². The number of nitrogens with one attached hydrogen (secondary N) is 1. The summed E-state index contributed by atoms with van der Waals surface area (Å²) in [6.45, 7) is 1.88. The zero-order valence-electron chi connectivity index (χ0n) is 11.0. The van der Waals surface area contributed by atoms with Crippen LogP contribution in [0.25, 0.3) is 0 Å². The number of hydrogen-bond acceptors (Lipinski definition) is 4. The molecule has 5 nitrogen and oxygen atoms in total. The van der Waals surface area contributed by atoms with Crippen LogP contribution in [-0.4, -0.2) is 8.42 Å². The van der Waals surface area contributed by atoms with Crippen molar-refractivity contribution in [3.8, 4) is 0 Å². The van der Waals surface area contributed by atoms with E-state index in [1.165, 1.54) is 6.07 Å². The Kier molecular flexibility index (Phi) is 4.48. The van der Waals surface area contributed by atoms with Crippen LogP contribution in [0.15, 0.2) is 39.7 Å². The Morgan fingerprint density at radius 3 is 2.52 bits per heavy atom. The van der Waals surface area contributed by atoms with E-state index in [0.29, 0.717) is 16.4 Å². The quantitative estimate of drug-likeness (QED) is 0.700. The molecule has 5 N–H and O–H groups in total. The predicted molar refractivity (Wildman–Crippen MR) is 89.4 cm³/mol. The molecule has 0 aliphatic carbocycles. The van der Waals surface area contributed by atoms with Crippen LogP contribution < -0.4 is 16.2 Å². The van der Waals surface area contributed by atoms with Gasteiger partial charge in [0.2, 0.25) is 10.0 Å². The minimum Gasteiger partial charge on any atom is -0.396 e. The van der Waals surface area contributed by atoms with Gasteiger partial charge in [-0.1, -0.05) is 17.7 Å². The highest BCUT2D eigenvalue weighted by atomic mass is 79.9. The molecule has 2 aromatic rings. The highest BCUT2D eigenvalue weighted by molar-refractivity contribution is 9.10. The molecule has 2 aromatic carbocycles. The lowest BCUT2D eigenvalue weighted by atomic mass is 10.2. The minimum atomic E-state index is -3.88. The maximum Gasteiger partial charge on any atom is 0.240 e. The molecule has 0 atom stereocenters. The van der Waals surface area contributed by atoms with Crippen molar-refractivity contribution >= 4 is 54.6 Å². The fourth-order valence-electron chi connectivity index (χ4n) is 1.79. The number of primary sulfonamides is 1. The molecule has 0 amide bonds. The maximum atomic E-state index is 11.5. The molecule has 21 heavy (non-hydrogen) atoms. The third kappa shape index (κ3) is 3.49. The van der Waals surface area contributed by atoms with E-state index in [2.05, 4.69) is 21.2 Å². The number of aryl methyl sites for hydroxylation is 1. The van der Waals surface area contributed by atoms with Crippen LogP contribution in [-0.2, 0) is 10.0 Å². The molecule has 0 spiro atoms. The smallest absolute Gasteiger partial charge is 0.240 e. The number of anilines is 3. The lowest BCUT2D eigenvalue weighted by Crippen LogP contribution is -2.15. The van der Waals surface area contributed by atoms with E-state index in [9.17, 15) is 8.42 Å². The van der Waals surface area contributed by atoms with E-state index in [1.54, 1.807) is 18.2 Å². The molecule has 0 bridgehead atoms. The number of rotatable bonds is 3. The molecule has 0 aromatic heterocycles. The molecule has 0 saturated heterocycles. The summed E-state index contributed by atoms with van der Waals surface area (Å²) >= 11 is 9.50. The van der Waals surface area contributed by atoms with Gasteiger partial charge < -0.3 is 11.1 Å². The van der Waals surface area contributed by atoms with Crippen LogP contribution in [0.1, 0.15) is 5.56 Å². The van der Waals surface area contributed by atoms with Gasteiger partial charge in [-0.15, -0.1) is 0 Å². The number of benzene rings is 2. The SMILES string of the molecule is Cc1cc(Br)c(Nc2cccc(S(N)(=O)=O)c2N)cc1Cl. The van der Waals surface area contributed by atoms with Crippen molar-refractivity contribution in [2.24, 2.45) is 5.14 Å². The molecule has 0 saturated carbocycles. The summed E-state index contributed by atoms with van der Waals surface area (Å²) in [5.74, 6) is 0. The molecule has 0 aliphatic rings. The van der Waals surface area contributed by atoms with E-state index in [0.717, 1.165) is 10.0 Å². The van der Waals surface area contributed by atoms with Gasteiger partial charge in [0.1, 0.15) is 4.90 Å². The second-order valence-electron chi connectivity index (χ2n) is 4.47. The van der Waals surface area contributed by atoms with E-state index >= 15 is 0 Å². The first-order chi connectivity index (χ1) is 9.70. The Hall–Kier alpha value is -1.28. The summed E-state index contributed by atoms with van der Waals surface area (Å²) in [7, 11) is -3.88. The Morgan fingerprint density at radius 1 is 1.24 bits per heavy atom. The van der Waals surface area contributed by atoms with Gasteiger partial charge in [0, 0.05) is 9.50 Å². The van der Waals surface area contributed by atoms with Crippen LogP contribution in [0.5, 0.6) is 0 Å². The largest absolute Gasteiger partial charge is 0.396 e. The number of halogens is 2. The molecular weight excluding hydrogens is 378 g/mol. The van der Waals surface area contributed by atoms with E-state index in [4.69, 9.17) is 22.5 Å². The van der Waals surface area contributed by atoms with Crippen molar-refractivity contribution in [3.63, 3.8) is 0 Å². The van der Waals surface area contributed by atoms with Crippen LogP contribution in [0.4, 0.5) is 17.1 Å². The Morgan fingerprint density at radius 2 is 1.90 bits per heavy atom. The molecule has 0 radical (unpaired) electrons. The molecular formula is C13H13BrClN3O2S. The van der Waals surface area contributed by atoms with Crippen LogP contribution in [0.2, 0.25) is 5.02 Å². The van der Waals surface area contributed by atoms with Gasteiger partial charge >= 0.3 is 0 Å². The number of sulfonamides is 1. The Bertz CT molecular complexity index is 809. The summed E-state index contributed by atoms with van der Waals surface area (Å²) in [4.78, 5) is -0.123. The summed E-state index contributed by atoms with van der Waals surface area (Å²) in [6, 6.07) is 8.15. The van der Waals surface area contributed by atoms with Gasteiger partial charge in [0.25, 0.3) is 0 Å². The van der Waals surface area contributed by atoms with Crippen molar-refractivity contribution in [2.75, 3.05) is 11.1 Å². The molecule has 2 rings (SSSR count). The lowest BCUT2D eigenvalue weighted by Gasteiger charge is -2.14. The standard InChI is InChI=1S/C13H13BrClN3O2S/c1-7-5-8(14)11(6-9(7)15)18-10-3-2-4-12(13(10)16)21(17,19)20/h2-6,18H,16H2,1H3,(H2,17,19,20). The predicted octanol–water partition coefficient (Wildman–Crippen LogP) is 3.38. The van der Waals surface area contributed by atoms with Crippen LogP contribution in [0, 0.1) is 6.92 Å². The second kappa shape index (κ2) is 5.84. The summed E-state index contributed by atoms with van der Waals surface area (Å²) < 4.78 is 23.7. The summed E-state index contributed by atoms with van der Waals surface area (Å²) in [6.07, 6.45) is 0. The molecule has 0 heterocycles. The average molecular weight is 391 g/mol. The number of nitrogen functional groups attached to an aromatic ring is 1. The van der Waals surface area contributed by atoms with Gasteiger partial charge in [0.05, 0.1) is 17.1 Å². The van der Waals surface area contributed by atoms with Crippen molar-refractivity contribution < 1.29 is 8.42 Å². The summed E-state index contributed by atoms with van der Waals surface area (Å²) in [5, 5.41) is 8.76. The van der Waals surface area contributed by atoms with Gasteiger partial charge in [0.15, 0.2) is 0 Å². The van der Waals surface area contributed by atoms with Crippen molar-refractivity contribution in [2.45, 2.75) is 11.8 Å². The van der Waals surface area contributed by atoms with E-state index in [-0.39, 0.29) is 10.6 Å². The Labute approximate surface area is 136 Å². The van der Waals surface area contributed by atoms with Crippen molar-refractivity contribution in [1.82, 2.24) is 0 Å². The van der Waals surface area contributed by atoms with Gasteiger partial charge in [-0.3, -0.25) is 0 Å².